The summed E-state index contributed by atoms with van der Waals surface area (Å²) >= 11 is 0. The van der Waals surface area contributed by atoms with Gasteiger partial charge in [0, 0.05) is 45.1 Å². The Morgan fingerprint density at radius 3 is 2.74 bits per heavy atom. The smallest absolute Gasteiger partial charge is 0.225 e. The van der Waals surface area contributed by atoms with Crippen molar-refractivity contribution >= 4 is 35.9 Å². The summed E-state index contributed by atoms with van der Waals surface area (Å²) in [6.07, 6.45) is 5.92. The first-order valence-corrected chi connectivity index (χ1v) is 7.97. The van der Waals surface area contributed by atoms with Crippen molar-refractivity contribution in [3.05, 3.63) is 18.5 Å². The molecule has 3 heterocycles. The summed E-state index contributed by atoms with van der Waals surface area (Å²) in [5.74, 6) is 1.98. The molecule has 0 aromatic carbocycles. The van der Waals surface area contributed by atoms with Crippen molar-refractivity contribution in [3.63, 3.8) is 0 Å². The largest absolute Gasteiger partial charge is 0.378 e. The molecule has 1 atom stereocenters. The van der Waals surface area contributed by atoms with Crippen LogP contribution in [-0.2, 0) is 4.74 Å². The fraction of sp³-hybridized carbons (Fsp3) is 0.667. The number of morpholine rings is 1. The third-order valence-electron chi connectivity index (χ3n) is 4.20. The van der Waals surface area contributed by atoms with Crippen LogP contribution in [0.3, 0.4) is 0 Å². The van der Waals surface area contributed by atoms with E-state index in [1.54, 1.807) is 12.4 Å². The Balaban J connectivity index is 0.00000192. The Morgan fingerprint density at radius 2 is 2.00 bits per heavy atom. The number of hydrogen-bond donors (Lipinski definition) is 1. The van der Waals surface area contributed by atoms with Gasteiger partial charge in [0.1, 0.15) is 0 Å². The lowest BCUT2D eigenvalue weighted by atomic mass is 9.98. The van der Waals surface area contributed by atoms with E-state index in [1.165, 1.54) is 6.42 Å². The van der Waals surface area contributed by atoms with Crippen molar-refractivity contribution in [3.8, 4) is 0 Å². The van der Waals surface area contributed by atoms with Crippen LogP contribution in [0.1, 0.15) is 12.8 Å². The number of anilines is 1. The minimum absolute atomic E-state index is 0. The monoisotopic (exact) mass is 432 g/mol. The molecule has 2 saturated heterocycles. The van der Waals surface area contributed by atoms with Crippen LogP contribution in [0.2, 0.25) is 0 Å². The van der Waals surface area contributed by atoms with Crippen molar-refractivity contribution < 1.29 is 4.74 Å². The highest BCUT2D eigenvalue weighted by Gasteiger charge is 2.22. The van der Waals surface area contributed by atoms with Crippen LogP contribution in [0.15, 0.2) is 23.5 Å². The number of rotatable bonds is 3. The molecule has 0 amide bonds. The van der Waals surface area contributed by atoms with Crippen molar-refractivity contribution in [1.29, 1.82) is 0 Å². The zero-order valence-electron chi connectivity index (χ0n) is 13.3. The Morgan fingerprint density at radius 1 is 1.26 bits per heavy atom. The van der Waals surface area contributed by atoms with Crippen molar-refractivity contribution in [2.24, 2.45) is 16.6 Å². The quantitative estimate of drug-likeness (QED) is 0.436. The predicted octanol–water partition coefficient (Wildman–Crippen LogP) is 0.958. The van der Waals surface area contributed by atoms with E-state index in [9.17, 15) is 0 Å². The third kappa shape index (κ3) is 5.17. The molecule has 8 heteroatoms. The molecule has 0 spiro atoms. The van der Waals surface area contributed by atoms with Gasteiger partial charge in [0.15, 0.2) is 5.96 Å². The van der Waals surface area contributed by atoms with Gasteiger partial charge in [-0.15, -0.1) is 24.0 Å². The summed E-state index contributed by atoms with van der Waals surface area (Å²) < 4.78 is 5.33. The van der Waals surface area contributed by atoms with Crippen LogP contribution >= 0.6 is 24.0 Å². The number of ether oxygens (including phenoxy) is 1. The normalized spacial score (nSPS) is 22.6. The van der Waals surface area contributed by atoms with Crippen molar-refractivity contribution in [2.75, 3.05) is 50.8 Å². The van der Waals surface area contributed by atoms with Crippen LogP contribution < -0.4 is 10.6 Å². The number of hydrogen-bond acceptors (Lipinski definition) is 5. The number of aromatic nitrogens is 2. The Bertz CT molecular complexity index is 494. The number of aliphatic imine (C=N–C) groups is 1. The number of guanidine groups is 1. The lowest BCUT2D eigenvalue weighted by molar-refractivity contribution is 0.0674. The topological polar surface area (TPSA) is 79.9 Å². The molecule has 23 heavy (non-hydrogen) atoms. The number of nitrogens with zero attached hydrogens (tertiary/aromatic N) is 5. The second-order valence-electron chi connectivity index (χ2n) is 5.80. The van der Waals surface area contributed by atoms with Gasteiger partial charge < -0.3 is 20.3 Å². The van der Waals surface area contributed by atoms with Gasteiger partial charge in [-0.25, -0.2) is 9.97 Å². The molecule has 0 aliphatic carbocycles. The van der Waals surface area contributed by atoms with E-state index in [1.807, 2.05) is 6.07 Å². The molecule has 1 unspecified atom stereocenters. The van der Waals surface area contributed by atoms with Gasteiger partial charge in [0.05, 0.1) is 13.2 Å². The average molecular weight is 432 g/mol. The predicted molar refractivity (Wildman–Crippen MR) is 101 cm³/mol. The van der Waals surface area contributed by atoms with Gasteiger partial charge >= 0.3 is 0 Å². The van der Waals surface area contributed by atoms with E-state index in [0.717, 1.165) is 58.3 Å². The Kier molecular flexibility index (Phi) is 7.28. The van der Waals surface area contributed by atoms with Gasteiger partial charge in [0.25, 0.3) is 0 Å². The zero-order valence-corrected chi connectivity index (χ0v) is 15.6. The Labute approximate surface area is 154 Å². The minimum Gasteiger partial charge on any atom is -0.378 e. The lowest BCUT2D eigenvalue weighted by Crippen LogP contribution is -2.45. The molecule has 2 aliphatic heterocycles. The van der Waals surface area contributed by atoms with E-state index in [-0.39, 0.29) is 24.0 Å². The first-order valence-electron chi connectivity index (χ1n) is 7.97. The highest BCUT2D eigenvalue weighted by atomic mass is 127. The molecule has 1 aromatic rings. The Hall–Kier alpha value is -1.16. The van der Waals surface area contributed by atoms with E-state index in [0.29, 0.717) is 11.9 Å². The second kappa shape index (κ2) is 9.21. The first-order chi connectivity index (χ1) is 10.8. The summed E-state index contributed by atoms with van der Waals surface area (Å²) in [5, 5.41) is 0. The zero-order chi connectivity index (χ0) is 15.2. The number of halogens is 1. The van der Waals surface area contributed by atoms with Crippen LogP contribution in [0.25, 0.3) is 0 Å². The van der Waals surface area contributed by atoms with Crippen LogP contribution in [-0.4, -0.2) is 66.8 Å². The van der Waals surface area contributed by atoms with E-state index in [2.05, 4.69) is 24.8 Å². The maximum absolute atomic E-state index is 6.09. The SMILES string of the molecule is I.NC(=NCC1CCCN(c2ncccn2)C1)N1CCOCC1. The van der Waals surface area contributed by atoms with Crippen LogP contribution in [0.5, 0.6) is 0 Å². The fourth-order valence-electron chi connectivity index (χ4n) is 2.97. The van der Waals surface area contributed by atoms with Crippen LogP contribution in [0.4, 0.5) is 5.95 Å². The third-order valence-corrected chi connectivity index (χ3v) is 4.20. The molecule has 7 nitrogen and oxygen atoms in total. The highest BCUT2D eigenvalue weighted by molar-refractivity contribution is 14.0. The summed E-state index contributed by atoms with van der Waals surface area (Å²) in [7, 11) is 0. The van der Waals surface area contributed by atoms with Gasteiger partial charge in [-0.05, 0) is 24.8 Å². The molecule has 2 N–H and O–H groups in total. The molecule has 0 bridgehead atoms. The van der Waals surface area contributed by atoms with Crippen molar-refractivity contribution in [2.45, 2.75) is 12.8 Å². The maximum atomic E-state index is 6.09. The molecule has 2 aliphatic rings. The summed E-state index contributed by atoms with van der Waals surface area (Å²) in [4.78, 5) is 17.6. The van der Waals surface area contributed by atoms with Gasteiger partial charge in [-0.2, -0.15) is 0 Å². The van der Waals surface area contributed by atoms with Crippen LogP contribution in [0, 0.1) is 5.92 Å². The number of piperidine rings is 1. The molecule has 2 fully saturated rings. The van der Waals surface area contributed by atoms with Gasteiger partial charge in [-0.1, -0.05) is 0 Å². The second-order valence-corrected chi connectivity index (χ2v) is 5.80. The molecule has 1 aromatic heterocycles. The minimum atomic E-state index is 0. The summed E-state index contributed by atoms with van der Waals surface area (Å²) in [5.41, 5.74) is 6.09. The standard InChI is InChI=1S/C15H24N6O.HI/c16-14(20-7-9-22-10-8-20)19-11-13-3-1-6-21(12-13)15-17-4-2-5-18-15;/h2,4-5,13H,1,3,6-12H2,(H2,16,19);1H. The summed E-state index contributed by atoms with van der Waals surface area (Å²) in [6, 6.07) is 1.85. The molecule has 3 rings (SSSR count). The highest BCUT2D eigenvalue weighted by Crippen LogP contribution is 2.20. The van der Waals surface area contributed by atoms with E-state index in [4.69, 9.17) is 10.5 Å². The first kappa shape index (κ1) is 18.2. The maximum Gasteiger partial charge on any atom is 0.225 e. The average Bonchev–Trinajstić information content (AvgIpc) is 2.61. The van der Waals surface area contributed by atoms with E-state index >= 15 is 0 Å². The van der Waals surface area contributed by atoms with E-state index < -0.39 is 0 Å². The fourth-order valence-corrected chi connectivity index (χ4v) is 2.97. The molecule has 0 saturated carbocycles. The van der Waals surface area contributed by atoms with Crippen molar-refractivity contribution in [1.82, 2.24) is 14.9 Å². The molecular weight excluding hydrogens is 407 g/mol. The lowest BCUT2D eigenvalue weighted by Gasteiger charge is -2.32. The number of nitrogens with two attached hydrogens (primary N) is 1. The summed E-state index contributed by atoms with van der Waals surface area (Å²) in [6.45, 7) is 5.88. The van der Waals surface area contributed by atoms with Gasteiger partial charge in [0.2, 0.25) is 5.95 Å². The molecule has 0 radical (unpaired) electrons. The molecule has 128 valence electrons. The van der Waals surface area contributed by atoms with Gasteiger partial charge in [-0.3, -0.25) is 4.99 Å². The molecular formula is C15H25IN6O.